The number of nitrogens with zero attached hydrogens (tertiary/aromatic N) is 2. The van der Waals surface area contributed by atoms with Crippen molar-refractivity contribution in [2.45, 2.75) is 39.0 Å². The van der Waals surface area contributed by atoms with Gasteiger partial charge in [-0.3, -0.25) is 19.4 Å². The van der Waals surface area contributed by atoms with Gasteiger partial charge in [-0.1, -0.05) is 32.2 Å². The zero-order valence-electron chi connectivity index (χ0n) is 21.4. The fraction of sp³-hybridized carbons (Fsp3) is 0.519. The van der Waals surface area contributed by atoms with Crippen molar-refractivity contribution >= 4 is 36.5 Å². The lowest BCUT2D eigenvalue weighted by atomic mass is 9.94. The molecule has 3 atom stereocenters. The van der Waals surface area contributed by atoms with E-state index in [9.17, 15) is 14.4 Å². The fourth-order valence-corrected chi connectivity index (χ4v) is 8.86. The molecule has 4 rings (SSSR count). The molecule has 3 amide bonds. The normalized spacial score (nSPS) is 22.4. The molecule has 3 heterocycles. The maximum absolute atomic E-state index is 13.8. The molecule has 1 saturated heterocycles. The summed E-state index contributed by atoms with van der Waals surface area (Å²) in [6.07, 6.45) is 6.45. The zero-order valence-corrected chi connectivity index (χ0v) is 22.3. The number of imide groups is 1. The monoisotopic (exact) mass is 511 g/mol. The van der Waals surface area contributed by atoms with Crippen LogP contribution in [0.3, 0.4) is 0 Å². The van der Waals surface area contributed by atoms with Gasteiger partial charge in [0.05, 0.1) is 12.5 Å². The highest BCUT2D eigenvalue weighted by Gasteiger charge is 2.44. The number of Topliss-reactive ketones (excluding diaryl/α,β-unsaturated/α-hetero) is 1. The maximum atomic E-state index is 13.8. The molecule has 1 unspecified atom stereocenters. The predicted molar refractivity (Wildman–Crippen MR) is 145 cm³/mol. The van der Waals surface area contributed by atoms with E-state index in [4.69, 9.17) is 0 Å². The molecule has 1 aromatic rings. The molecule has 8 nitrogen and oxygen atoms in total. The molecule has 3 aliphatic heterocycles. The lowest BCUT2D eigenvalue weighted by Gasteiger charge is -2.49. The molecule has 1 aromatic carbocycles. The average Bonchev–Trinajstić information content (AvgIpc) is 2.86. The lowest BCUT2D eigenvalue weighted by Crippen LogP contribution is -2.54. The molecule has 194 valence electrons. The number of nitrogens with one attached hydrogen (secondary N) is 3. The van der Waals surface area contributed by atoms with Crippen LogP contribution in [0.5, 0.6) is 0 Å². The Labute approximate surface area is 215 Å². The van der Waals surface area contributed by atoms with E-state index in [2.05, 4.69) is 51.8 Å². The summed E-state index contributed by atoms with van der Waals surface area (Å²) in [7, 11) is -0.597. The van der Waals surface area contributed by atoms with E-state index in [0.717, 1.165) is 25.7 Å². The van der Waals surface area contributed by atoms with Crippen molar-refractivity contribution in [2.75, 3.05) is 45.4 Å². The van der Waals surface area contributed by atoms with E-state index < -0.39 is 7.92 Å². The standard InChI is InChI=1S/C27H38N5O3P/c1-4-11-31-17-22(26(34)32(27(35)30-5-2)12-7-10-28-14-19(3)33)18-36-23-9-6-8-20-15-29-16-21(25(20)23)13-24(31)36/h4,6,8-9,16,22,24,28-29H,1,5,7,10-15,17-18H2,2-3H3,(H,30,35)/t22-,24-,36?/m0/s1. The largest absolute Gasteiger partial charge is 0.387 e. The second kappa shape index (κ2) is 12.1. The van der Waals surface area contributed by atoms with E-state index in [1.54, 1.807) is 0 Å². The first-order valence-corrected chi connectivity index (χ1v) is 14.5. The minimum atomic E-state index is -0.597. The summed E-state index contributed by atoms with van der Waals surface area (Å²) in [5, 5.41) is 10.7. The molecule has 0 spiro atoms. The molecular weight excluding hydrogens is 473 g/mol. The number of hydrogen-bond donors (Lipinski definition) is 3. The minimum absolute atomic E-state index is 0.0670. The van der Waals surface area contributed by atoms with Gasteiger partial charge in [-0.05, 0) is 61.4 Å². The molecule has 3 aliphatic rings. The Kier molecular flexibility index (Phi) is 8.94. The van der Waals surface area contributed by atoms with E-state index >= 15 is 0 Å². The lowest BCUT2D eigenvalue weighted by molar-refractivity contribution is -0.132. The number of hydrogen-bond acceptors (Lipinski definition) is 6. The van der Waals surface area contributed by atoms with Gasteiger partial charge in [-0.25, -0.2) is 4.79 Å². The molecule has 9 heteroatoms. The van der Waals surface area contributed by atoms with Gasteiger partial charge >= 0.3 is 6.03 Å². The number of benzene rings is 1. The Bertz CT molecular complexity index is 1040. The highest BCUT2D eigenvalue weighted by molar-refractivity contribution is 7.66. The first kappa shape index (κ1) is 26.5. The van der Waals surface area contributed by atoms with E-state index in [0.29, 0.717) is 44.9 Å². The molecule has 0 aromatic heterocycles. The second-order valence-electron chi connectivity index (χ2n) is 9.70. The first-order chi connectivity index (χ1) is 17.4. The summed E-state index contributed by atoms with van der Waals surface area (Å²) in [6.45, 7) is 11.2. The van der Waals surface area contributed by atoms with Crippen LogP contribution in [0.4, 0.5) is 4.79 Å². The Hall–Kier alpha value is -2.54. The number of carbonyl (C=O) groups is 3. The van der Waals surface area contributed by atoms with Crippen LogP contribution in [0.25, 0.3) is 5.57 Å². The van der Waals surface area contributed by atoms with Gasteiger partial charge in [0, 0.05) is 44.7 Å². The smallest absolute Gasteiger partial charge is 0.324 e. The van der Waals surface area contributed by atoms with Gasteiger partial charge in [0.25, 0.3) is 0 Å². The summed E-state index contributed by atoms with van der Waals surface area (Å²) in [6, 6.07) is 6.24. The van der Waals surface area contributed by atoms with Crippen LogP contribution in [0, 0.1) is 5.92 Å². The Morgan fingerprint density at radius 2 is 2.17 bits per heavy atom. The highest BCUT2D eigenvalue weighted by atomic mass is 31.1. The molecule has 0 saturated carbocycles. The number of urea groups is 1. The third-order valence-electron chi connectivity index (χ3n) is 7.05. The number of amides is 3. The molecular formula is C27H38N5O3P. The predicted octanol–water partition coefficient (Wildman–Crippen LogP) is 2.21. The van der Waals surface area contributed by atoms with Crippen LogP contribution < -0.4 is 21.3 Å². The SMILES string of the molecule is C=CCN1C[C@H](C(=O)N(CCCNCC(C)=O)C(=O)NCC)CP2c3cccc4c3C(=CNC4)C[C@@H]12. The van der Waals surface area contributed by atoms with Crippen molar-refractivity contribution in [3.8, 4) is 0 Å². The number of rotatable bonds is 10. The maximum Gasteiger partial charge on any atom is 0.324 e. The second-order valence-corrected chi connectivity index (χ2v) is 12.1. The van der Waals surface area contributed by atoms with Gasteiger partial charge in [-0.2, -0.15) is 0 Å². The highest BCUT2D eigenvalue weighted by Crippen LogP contribution is 2.55. The quantitative estimate of drug-likeness (QED) is 0.253. The van der Waals surface area contributed by atoms with Crippen LogP contribution >= 0.6 is 7.92 Å². The van der Waals surface area contributed by atoms with Crippen LogP contribution in [0.15, 0.2) is 37.1 Å². The van der Waals surface area contributed by atoms with E-state index in [1.807, 2.05) is 13.0 Å². The van der Waals surface area contributed by atoms with Gasteiger partial charge in [-0.15, -0.1) is 6.58 Å². The van der Waals surface area contributed by atoms with Crippen LogP contribution in [0.1, 0.15) is 37.8 Å². The third-order valence-corrected chi connectivity index (χ3v) is 10.1. The third kappa shape index (κ3) is 5.72. The average molecular weight is 512 g/mol. The summed E-state index contributed by atoms with van der Waals surface area (Å²) < 4.78 is 0. The van der Waals surface area contributed by atoms with Gasteiger partial charge in [0.15, 0.2) is 0 Å². The number of ketones is 1. The molecule has 0 aliphatic carbocycles. The molecule has 1 fully saturated rings. The fourth-order valence-electron chi connectivity index (χ4n) is 5.50. The summed E-state index contributed by atoms with van der Waals surface area (Å²) >= 11 is 0. The number of carbonyl (C=O) groups excluding carboxylic acids is 3. The van der Waals surface area contributed by atoms with Crippen molar-refractivity contribution in [1.82, 2.24) is 25.8 Å². The zero-order chi connectivity index (χ0) is 25.7. The van der Waals surface area contributed by atoms with Crippen LogP contribution in [-0.2, 0) is 16.1 Å². The summed E-state index contributed by atoms with van der Waals surface area (Å²) in [4.78, 5) is 41.7. The number of fused-ring (bicyclic) bond motifs is 2. The Morgan fingerprint density at radius 1 is 1.33 bits per heavy atom. The van der Waals surface area contributed by atoms with Gasteiger partial charge in [0.2, 0.25) is 5.91 Å². The van der Waals surface area contributed by atoms with E-state index in [1.165, 1.54) is 33.8 Å². The van der Waals surface area contributed by atoms with Gasteiger partial charge in [0.1, 0.15) is 5.78 Å². The van der Waals surface area contributed by atoms with Crippen molar-refractivity contribution in [1.29, 1.82) is 0 Å². The van der Waals surface area contributed by atoms with Crippen LogP contribution in [0.2, 0.25) is 0 Å². The first-order valence-electron chi connectivity index (χ1n) is 12.9. The molecule has 3 N–H and O–H groups in total. The molecule has 0 radical (unpaired) electrons. The molecule has 36 heavy (non-hydrogen) atoms. The minimum Gasteiger partial charge on any atom is -0.387 e. The summed E-state index contributed by atoms with van der Waals surface area (Å²) in [5.74, 6) is 0.0839. The van der Waals surface area contributed by atoms with E-state index in [-0.39, 0.29) is 23.6 Å². The topological polar surface area (TPSA) is 93.8 Å². The Balaban J connectivity index is 1.56. The van der Waals surface area contributed by atoms with Crippen molar-refractivity contribution in [3.63, 3.8) is 0 Å². The Morgan fingerprint density at radius 3 is 2.92 bits per heavy atom. The van der Waals surface area contributed by atoms with Crippen molar-refractivity contribution in [2.24, 2.45) is 5.92 Å². The van der Waals surface area contributed by atoms with Gasteiger partial charge < -0.3 is 16.0 Å². The van der Waals surface area contributed by atoms with Crippen molar-refractivity contribution < 1.29 is 14.4 Å². The summed E-state index contributed by atoms with van der Waals surface area (Å²) in [5.41, 5.74) is 4.07. The van der Waals surface area contributed by atoms with Crippen molar-refractivity contribution in [3.05, 3.63) is 48.2 Å². The van der Waals surface area contributed by atoms with Crippen LogP contribution in [-0.4, -0.2) is 78.7 Å². The molecule has 0 bridgehead atoms.